The zero-order valence-corrected chi connectivity index (χ0v) is 13.1. The van der Waals surface area contributed by atoms with E-state index in [0.717, 1.165) is 35.6 Å². The van der Waals surface area contributed by atoms with Gasteiger partial charge < -0.3 is 9.30 Å². The number of para-hydroxylation sites is 1. The summed E-state index contributed by atoms with van der Waals surface area (Å²) in [5.74, 6) is 2.14. The van der Waals surface area contributed by atoms with E-state index in [-0.39, 0.29) is 0 Å². The molecule has 1 unspecified atom stereocenters. The van der Waals surface area contributed by atoms with Crippen molar-refractivity contribution < 1.29 is 4.74 Å². The fraction of sp³-hybridized carbons (Fsp3) is 0.500. The van der Waals surface area contributed by atoms with Crippen LogP contribution in [0.1, 0.15) is 19.2 Å². The van der Waals surface area contributed by atoms with Gasteiger partial charge in [-0.25, -0.2) is 4.98 Å². The molecule has 1 aromatic carbocycles. The molecule has 0 aliphatic carbocycles. The molecule has 0 amide bonds. The normalized spacial score (nSPS) is 12.8. The number of aromatic nitrogens is 2. The van der Waals surface area contributed by atoms with Crippen molar-refractivity contribution in [1.82, 2.24) is 9.55 Å². The predicted octanol–water partition coefficient (Wildman–Crippen LogP) is 3.93. The summed E-state index contributed by atoms with van der Waals surface area (Å²) in [6.07, 6.45) is 3.25. The van der Waals surface area contributed by atoms with Crippen LogP contribution in [-0.4, -0.2) is 28.2 Å². The minimum atomic E-state index is 0.422. The number of hydrogen-bond donors (Lipinski definition) is 0. The third-order valence-electron chi connectivity index (χ3n) is 3.32. The van der Waals surface area contributed by atoms with Crippen molar-refractivity contribution in [3.63, 3.8) is 0 Å². The number of benzene rings is 1. The second kappa shape index (κ2) is 6.53. The van der Waals surface area contributed by atoms with E-state index < -0.39 is 0 Å². The first-order valence-corrected chi connectivity index (χ1v) is 8.14. The third kappa shape index (κ3) is 3.00. The molecule has 5 heteroatoms. The molecule has 0 N–H and O–H groups in total. The summed E-state index contributed by atoms with van der Waals surface area (Å²) in [6, 6.07) is 6.00. The van der Waals surface area contributed by atoms with Gasteiger partial charge in [0.05, 0.1) is 18.5 Å². The first-order valence-electron chi connectivity index (χ1n) is 6.32. The van der Waals surface area contributed by atoms with Crippen LogP contribution in [0.2, 0.25) is 0 Å². The fourth-order valence-corrected chi connectivity index (χ4v) is 2.66. The number of alkyl halides is 1. The largest absolute Gasteiger partial charge is 0.494 e. The van der Waals surface area contributed by atoms with Crippen LogP contribution in [-0.2, 0) is 12.4 Å². The van der Waals surface area contributed by atoms with Crippen LogP contribution in [0.3, 0.4) is 0 Å². The van der Waals surface area contributed by atoms with Crippen LogP contribution in [0.5, 0.6) is 5.75 Å². The number of thioether (sulfide) groups is 1. The molecular formula is C14H19ClN2OS. The van der Waals surface area contributed by atoms with Gasteiger partial charge in [0, 0.05) is 11.8 Å². The van der Waals surface area contributed by atoms with Crippen molar-refractivity contribution in [2.75, 3.05) is 13.4 Å². The minimum absolute atomic E-state index is 0.422. The maximum Gasteiger partial charge on any atom is 0.146 e. The highest BCUT2D eigenvalue weighted by Gasteiger charge is 2.13. The van der Waals surface area contributed by atoms with E-state index in [2.05, 4.69) is 28.8 Å². The number of aryl methyl sites for hydroxylation is 1. The maximum absolute atomic E-state index is 6.02. The number of imidazole rings is 1. The second-order valence-electron chi connectivity index (χ2n) is 4.48. The molecule has 2 aromatic rings. The van der Waals surface area contributed by atoms with Gasteiger partial charge in [-0.3, -0.25) is 0 Å². The Morgan fingerprint density at radius 1 is 1.47 bits per heavy atom. The maximum atomic E-state index is 6.02. The van der Waals surface area contributed by atoms with Crippen LogP contribution in [0.4, 0.5) is 0 Å². The van der Waals surface area contributed by atoms with Gasteiger partial charge in [-0.1, -0.05) is 13.0 Å². The molecule has 19 heavy (non-hydrogen) atoms. The number of hydrogen-bond acceptors (Lipinski definition) is 3. The molecule has 3 nitrogen and oxygen atoms in total. The van der Waals surface area contributed by atoms with E-state index >= 15 is 0 Å². The summed E-state index contributed by atoms with van der Waals surface area (Å²) in [7, 11) is 1.67. The summed E-state index contributed by atoms with van der Waals surface area (Å²) in [4.78, 5) is 4.60. The molecule has 2 rings (SSSR count). The lowest BCUT2D eigenvalue weighted by atomic mass is 10.2. The standard InChI is InChI=1S/C14H19ClN2OS/c1-10(19-3)7-8-17-11-5-4-6-12(18-2)14(11)16-13(17)9-15/h4-6,10H,7-9H2,1-3H3. The Morgan fingerprint density at radius 2 is 2.26 bits per heavy atom. The van der Waals surface area contributed by atoms with Gasteiger partial charge >= 0.3 is 0 Å². The average molecular weight is 299 g/mol. The smallest absolute Gasteiger partial charge is 0.146 e. The summed E-state index contributed by atoms with van der Waals surface area (Å²) in [6.45, 7) is 3.18. The summed E-state index contributed by atoms with van der Waals surface area (Å²) in [5.41, 5.74) is 2.00. The summed E-state index contributed by atoms with van der Waals surface area (Å²) >= 11 is 7.90. The van der Waals surface area contributed by atoms with Gasteiger partial charge in [0.1, 0.15) is 17.1 Å². The highest BCUT2D eigenvalue weighted by molar-refractivity contribution is 7.99. The Bertz CT molecular complexity index is 556. The van der Waals surface area contributed by atoms with Crippen molar-refractivity contribution in [2.45, 2.75) is 31.0 Å². The number of halogens is 1. The Hall–Kier alpha value is -0.870. The first-order chi connectivity index (χ1) is 9.21. The second-order valence-corrected chi connectivity index (χ2v) is 6.02. The van der Waals surface area contributed by atoms with Gasteiger partial charge in [-0.2, -0.15) is 11.8 Å². The number of ether oxygens (including phenoxy) is 1. The third-order valence-corrected chi connectivity index (χ3v) is 4.60. The molecule has 0 aliphatic rings. The first kappa shape index (κ1) is 14.5. The van der Waals surface area contributed by atoms with E-state index in [9.17, 15) is 0 Å². The van der Waals surface area contributed by atoms with E-state index in [4.69, 9.17) is 16.3 Å². The molecule has 0 spiro atoms. The van der Waals surface area contributed by atoms with E-state index in [1.807, 2.05) is 23.9 Å². The Morgan fingerprint density at radius 3 is 2.89 bits per heavy atom. The molecule has 0 fully saturated rings. The van der Waals surface area contributed by atoms with E-state index in [1.165, 1.54) is 0 Å². The van der Waals surface area contributed by atoms with E-state index in [1.54, 1.807) is 7.11 Å². The summed E-state index contributed by atoms with van der Waals surface area (Å²) in [5, 5.41) is 0.631. The van der Waals surface area contributed by atoms with Crippen molar-refractivity contribution in [3.8, 4) is 5.75 Å². The number of rotatable bonds is 6. The van der Waals surface area contributed by atoms with Gasteiger partial charge in [0.2, 0.25) is 0 Å². The zero-order valence-electron chi connectivity index (χ0n) is 11.5. The quantitative estimate of drug-likeness (QED) is 0.756. The average Bonchev–Trinajstić information content (AvgIpc) is 2.82. The fourth-order valence-electron chi connectivity index (χ4n) is 2.11. The monoisotopic (exact) mass is 298 g/mol. The molecule has 104 valence electrons. The lowest BCUT2D eigenvalue weighted by molar-refractivity contribution is 0.419. The molecular weight excluding hydrogens is 280 g/mol. The zero-order chi connectivity index (χ0) is 13.8. The molecule has 1 heterocycles. The van der Waals surface area contributed by atoms with Crippen molar-refractivity contribution in [2.24, 2.45) is 0 Å². The topological polar surface area (TPSA) is 27.1 Å². The SMILES string of the molecule is COc1cccc2c1nc(CCl)n2CCC(C)SC. The molecule has 0 saturated carbocycles. The molecule has 0 saturated heterocycles. The van der Waals surface area contributed by atoms with Crippen molar-refractivity contribution in [1.29, 1.82) is 0 Å². The van der Waals surface area contributed by atoms with Gasteiger partial charge in [-0.05, 0) is 24.8 Å². The Labute approximate surface area is 123 Å². The molecule has 0 aliphatic heterocycles. The molecule has 1 atom stereocenters. The summed E-state index contributed by atoms with van der Waals surface area (Å²) < 4.78 is 7.57. The number of methoxy groups -OCH3 is 1. The minimum Gasteiger partial charge on any atom is -0.494 e. The molecule has 1 aromatic heterocycles. The van der Waals surface area contributed by atoms with Crippen molar-refractivity contribution >= 4 is 34.4 Å². The predicted molar refractivity (Wildman–Crippen MR) is 83.4 cm³/mol. The lowest BCUT2D eigenvalue weighted by Gasteiger charge is -2.11. The lowest BCUT2D eigenvalue weighted by Crippen LogP contribution is -2.07. The van der Waals surface area contributed by atoms with Gasteiger partial charge in [0.25, 0.3) is 0 Å². The van der Waals surface area contributed by atoms with Crippen LogP contribution in [0.15, 0.2) is 18.2 Å². The van der Waals surface area contributed by atoms with Crippen LogP contribution < -0.4 is 4.74 Å². The van der Waals surface area contributed by atoms with E-state index in [0.29, 0.717) is 11.1 Å². The molecule has 0 radical (unpaired) electrons. The van der Waals surface area contributed by atoms with Crippen molar-refractivity contribution in [3.05, 3.63) is 24.0 Å². The molecule has 0 bridgehead atoms. The Kier molecular flexibility index (Phi) is 4.99. The van der Waals surface area contributed by atoms with Crippen LogP contribution in [0, 0.1) is 0 Å². The van der Waals surface area contributed by atoms with Gasteiger partial charge in [0.15, 0.2) is 0 Å². The van der Waals surface area contributed by atoms with Gasteiger partial charge in [-0.15, -0.1) is 11.6 Å². The highest BCUT2D eigenvalue weighted by atomic mass is 35.5. The highest BCUT2D eigenvalue weighted by Crippen LogP contribution is 2.27. The van der Waals surface area contributed by atoms with Crippen LogP contribution >= 0.6 is 23.4 Å². The van der Waals surface area contributed by atoms with Crippen LogP contribution in [0.25, 0.3) is 11.0 Å². The Balaban J connectivity index is 2.40. The number of fused-ring (bicyclic) bond motifs is 1. The number of nitrogens with zero attached hydrogens (tertiary/aromatic N) is 2.